The van der Waals surface area contributed by atoms with Crippen LogP contribution in [0, 0.1) is 17.0 Å². The van der Waals surface area contributed by atoms with Crippen molar-refractivity contribution in [2.75, 3.05) is 13.2 Å². The van der Waals surface area contributed by atoms with E-state index < -0.39 is 29.3 Å². The van der Waals surface area contributed by atoms with Gasteiger partial charge < -0.3 is 9.47 Å². The summed E-state index contributed by atoms with van der Waals surface area (Å²) in [5, 5.41) is 11.0. The van der Waals surface area contributed by atoms with Crippen molar-refractivity contribution in [3.63, 3.8) is 0 Å². The van der Waals surface area contributed by atoms with Crippen molar-refractivity contribution in [2.45, 2.75) is 39.5 Å². The molecule has 1 aromatic rings. The van der Waals surface area contributed by atoms with Gasteiger partial charge in [0.05, 0.1) is 12.5 Å². The number of rotatable bonds is 9. The Morgan fingerprint density at radius 3 is 2.40 bits per heavy atom. The Balaban J connectivity index is 3.19. The van der Waals surface area contributed by atoms with E-state index >= 15 is 0 Å². The summed E-state index contributed by atoms with van der Waals surface area (Å²) in [5.41, 5.74) is 1.66. The van der Waals surface area contributed by atoms with Crippen LogP contribution >= 0.6 is 0 Å². The van der Waals surface area contributed by atoms with E-state index in [-0.39, 0.29) is 18.8 Å². The van der Waals surface area contributed by atoms with Crippen LogP contribution in [0.3, 0.4) is 0 Å². The summed E-state index contributed by atoms with van der Waals surface area (Å²) in [7, 11) is 0. The first-order valence-corrected chi connectivity index (χ1v) is 8.15. The largest absolute Gasteiger partial charge is 0.460 e. The minimum atomic E-state index is -0.813. The lowest BCUT2D eigenvalue weighted by molar-refractivity contribution is -0.481. The molecule has 0 aliphatic heterocycles. The summed E-state index contributed by atoms with van der Waals surface area (Å²) in [6.45, 7) is 5.00. The van der Waals surface area contributed by atoms with E-state index in [0.717, 1.165) is 5.56 Å². The molecule has 0 radical (unpaired) electrons. The van der Waals surface area contributed by atoms with Crippen molar-refractivity contribution in [1.82, 2.24) is 0 Å². The fraction of sp³-hybridized carbons (Fsp3) is 0.444. The van der Waals surface area contributed by atoms with Gasteiger partial charge in [-0.1, -0.05) is 36.8 Å². The van der Waals surface area contributed by atoms with Gasteiger partial charge in [0.2, 0.25) is 12.3 Å². The van der Waals surface area contributed by atoms with E-state index in [0.29, 0.717) is 12.0 Å². The molecule has 0 aliphatic carbocycles. The van der Waals surface area contributed by atoms with Gasteiger partial charge in [0.1, 0.15) is 0 Å². The lowest BCUT2D eigenvalue weighted by atomic mass is 9.97. The molecule has 0 heterocycles. The zero-order valence-corrected chi connectivity index (χ0v) is 14.7. The summed E-state index contributed by atoms with van der Waals surface area (Å²) < 4.78 is 9.98. The van der Waals surface area contributed by atoms with Crippen molar-refractivity contribution in [3.05, 3.63) is 57.3 Å². The highest BCUT2D eigenvalue weighted by molar-refractivity contribution is 5.89. The maximum absolute atomic E-state index is 12.1. The predicted octanol–water partition coefficient (Wildman–Crippen LogP) is 3.15. The van der Waals surface area contributed by atoms with Crippen molar-refractivity contribution in [1.29, 1.82) is 0 Å². The molecule has 1 atom stereocenters. The summed E-state index contributed by atoms with van der Waals surface area (Å²) in [5.74, 6) is -2.42. The molecule has 0 bridgehead atoms. The number of carbonyl (C=O) groups excluding carboxylic acids is 2. The number of aryl methyl sites for hydroxylation is 1. The molecule has 0 fully saturated rings. The molecule has 1 rings (SSSR count). The fourth-order valence-electron chi connectivity index (χ4n) is 2.14. The first-order valence-electron chi connectivity index (χ1n) is 8.15. The van der Waals surface area contributed by atoms with Crippen LogP contribution in [-0.4, -0.2) is 30.0 Å². The summed E-state index contributed by atoms with van der Waals surface area (Å²) in [6.07, 6.45) is 1.99. The molecule has 0 N–H and O–H groups in total. The van der Waals surface area contributed by atoms with Crippen molar-refractivity contribution in [3.8, 4) is 0 Å². The van der Waals surface area contributed by atoms with Crippen LogP contribution in [0.2, 0.25) is 0 Å². The molecule has 0 aromatic heterocycles. The normalized spacial score (nSPS) is 12.4. The number of hydrogen-bond donors (Lipinski definition) is 0. The quantitative estimate of drug-likeness (QED) is 0.223. The first kappa shape index (κ1) is 20.3. The Morgan fingerprint density at radius 1 is 1.24 bits per heavy atom. The third kappa shape index (κ3) is 7.15. The number of esters is 2. The van der Waals surface area contributed by atoms with E-state index in [1.165, 1.54) is 6.08 Å². The van der Waals surface area contributed by atoms with E-state index in [1.54, 1.807) is 26.0 Å². The van der Waals surface area contributed by atoms with E-state index in [1.807, 2.05) is 19.1 Å². The van der Waals surface area contributed by atoms with Gasteiger partial charge in [0, 0.05) is 11.3 Å². The Kier molecular flexibility index (Phi) is 8.32. The predicted molar refractivity (Wildman–Crippen MR) is 91.5 cm³/mol. The second kappa shape index (κ2) is 10.2. The minimum Gasteiger partial charge on any atom is -0.460 e. The number of nitro groups is 1. The van der Waals surface area contributed by atoms with Gasteiger partial charge in [-0.25, -0.2) is 4.79 Å². The van der Waals surface area contributed by atoms with E-state index in [4.69, 9.17) is 9.47 Å². The molecular weight excluding hydrogens is 326 g/mol. The van der Waals surface area contributed by atoms with Gasteiger partial charge >= 0.3 is 11.9 Å². The Hall–Kier alpha value is -2.70. The van der Waals surface area contributed by atoms with Crippen LogP contribution in [0.25, 0.3) is 0 Å². The topological polar surface area (TPSA) is 95.7 Å². The minimum absolute atomic E-state index is 0.103. The van der Waals surface area contributed by atoms with Gasteiger partial charge in [-0.05, 0) is 31.9 Å². The number of benzene rings is 1. The van der Waals surface area contributed by atoms with Gasteiger partial charge in [0.25, 0.3) is 0 Å². The van der Waals surface area contributed by atoms with Crippen molar-refractivity contribution >= 4 is 11.9 Å². The Morgan fingerprint density at radius 2 is 1.88 bits per heavy atom. The zero-order valence-electron chi connectivity index (χ0n) is 14.7. The molecule has 0 aliphatic rings. The molecule has 136 valence electrons. The lowest BCUT2D eigenvalue weighted by Gasteiger charge is -2.13. The highest BCUT2D eigenvalue weighted by Crippen LogP contribution is 2.21. The highest BCUT2D eigenvalue weighted by Gasteiger charge is 2.23. The number of hydrogen-bond acceptors (Lipinski definition) is 6. The van der Waals surface area contributed by atoms with Crippen LogP contribution in [0.5, 0.6) is 0 Å². The van der Waals surface area contributed by atoms with Crippen LogP contribution in [0.4, 0.5) is 0 Å². The number of ether oxygens (including phenoxy) is 2. The van der Waals surface area contributed by atoms with Crippen molar-refractivity contribution < 1.29 is 24.0 Å². The SMILES string of the molecule is CCCC(=O)O/C(=C\[C@@H](C[N+](=O)[O-])c1ccc(C)cc1)C(=O)OCC. The van der Waals surface area contributed by atoms with Crippen LogP contribution in [0.1, 0.15) is 43.7 Å². The molecule has 0 saturated carbocycles. The summed E-state index contributed by atoms with van der Waals surface area (Å²) in [6, 6.07) is 7.14. The molecule has 0 amide bonds. The number of carbonyl (C=O) groups is 2. The average molecular weight is 349 g/mol. The molecule has 0 spiro atoms. The monoisotopic (exact) mass is 349 g/mol. The van der Waals surface area contributed by atoms with Crippen LogP contribution in [0.15, 0.2) is 36.1 Å². The van der Waals surface area contributed by atoms with E-state index in [9.17, 15) is 19.7 Å². The number of nitrogens with zero attached hydrogens (tertiary/aromatic N) is 1. The van der Waals surface area contributed by atoms with Gasteiger partial charge in [0.15, 0.2) is 0 Å². The molecular formula is C18H23NO6. The third-order valence-corrected chi connectivity index (χ3v) is 3.36. The second-order valence-corrected chi connectivity index (χ2v) is 5.51. The fourth-order valence-corrected chi connectivity index (χ4v) is 2.14. The van der Waals surface area contributed by atoms with Gasteiger partial charge in [-0.15, -0.1) is 0 Å². The zero-order chi connectivity index (χ0) is 18.8. The molecule has 1 aromatic carbocycles. The third-order valence-electron chi connectivity index (χ3n) is 3.36. The standard InChI is InChI=1S/C18H23NO6/c1-4-6-17(20)25-16(18(21)24-5-2)11-15(12-19(22)23)14-9-7-13(3)8-10-14/h7-11,15H,4-6,12H2,1-3H3/b16-11-/t15-/m0/s1. The van der Waals surface area contributed by atoms with Crippen LogP contribution in [-0.2, 0) is 19.1 Å². The van der Waals surface area contributed by atoms with Gasteiger partial charge in [-0.3, -0.25) is 14.9 Å². The van der Waals surface area contributed by atoms with Crippen LogP contribution < -0.4 is 0 Å². The molecule has 0 saturated heterocycles. The smallest absolute Gasteiger partial charge is 0.374 e. The highest BCUT2D eigenvalue weighted by atomic mass is 16.6. The molecule has 7 nitrogen and oxygen atoms in total. The average Bonchev–Trinajstić information content (AvgIpc) is 2.54. The molecule has 0 unspecified atom stereocenters. The maximum Gasteiger partial charge on any atom is 0.374 e. The van der Waals surface area contributed by atoms with Gasteiger partial charge in [-0.2, -0.15) is 0 Å². The molecule has 7 heteroatoms. The molecule has 25 heavy (non-hydrogen) atoms. The Bertz CT molecular complexity index is 635. The lowest BCUT2D eigenvalue weighted by Crippen LogP contribution is -2.18. The first-order chi connectivity index (χ1) is 11.9. The second-order valence-electron chi connectivity index (χ2n) is 5.51. The maximum atomic E-state index is 12.1. The Labute approximate surface area is 146 Å². The van der Waals surface area contributed by atoms with E-state index in [2.05, 4.69) is 0 Å². The summed E-state index contributed by atoms with van der Waals surface area (Å²) in [4.78, 5) is 34.3. The summed E-state index contributed by atoms with van der Waals surface area (Å²) >= 11 is 0. The van der Waals surface area contributed by atoms with Crippen molar-refractivity contribution in [2.24, 2.45) is 0 Å².